The molecule has 7 nitrogen and oxygen atoms in total. The second kappa shape index (κ2) is 9.35. The normalized spacial score (nSPS) is 11.0. The van der Waals surface area contributed by atoms with Crippen molar-refractivity contribution in [3.8, 4) is 17.1 Å². The third kappa shape index (κ3) is 4.74. The van der Waals surface area contributed by atoms with Crippen LogP contribution in [-0.2, 0) is 9.53 Å². The first-order valence-corrected chi connectivity index (χ1v) is 9.94. The molecule has 0 unspecified atom stereocenters. The maximum Gasteiger partial charge on any atom is 0.378 e. The molecule has 1 aromatic heterocycles. The summed E-state index contributed by atoms with van der Waals surface area (Å²) in [5.41, 5.74) is 1.58. The summed E-state index contributed by atoms with van der Waals surface area (Å²) in [6, 6.07) is 18.9. The predicted octanol–water partition coefficient (Wildman–Crippen LogP) is 3.74. The molecule has 0 N–H and O–H groups in total. The molecule has 2 aromatic carbocycles. The number of amides is 1. The van der Waals surface area contributed by atoms with E-state index >= 15 is 0 Å². The Kier molecular flexibility index (Phi) is 6.61. The van der Waals surface area contributed by atoms with E-state index in [1.807, 2.05) is 88.4 Å². The summed E-state index contributed by atoms with van der Waals surface area (Å²) < 4.78 is 6.84. The first-order valence-electron chi connectivity index (χ1n) is 9.94. The fourth-order valence-electron chi connectivity index (χ4n) is 3.36. The van der Waals surface area contributed by atoms with Gasteiger partial charge < -0.3 is 9.64 Å². The maximum atomic E-state index is 12.6. The standard InChI is InChI=1S/C23H26N4O3/c1-16(2)26(17(3)4)20(28)15-30-23(29)21-24-22(18-11-7-5-8-12-18)27(25-21)19-13-9-6-10-14-19/h5-14,16-17H,15H2,1-4H3. The fraction of sp³-hybridized carbons (Fsp3) is 0.304. The zero-order chi connectivity index (χ0) is 21.7. The monoisotopic (exact) mass is 406 g/mol. The Morgan fingerprint density at radius 3 is 2.07 bits per heavy atom. The summed E-state index contributed by atoms with van der Waals surface area (Å²) in [6.07, 6.45) is 0. The van der Waals surface area contributed by atoms with Crippen LogP contribution in [0.2, 0.25) is 0 Å². The van der Waals surface area contributed by atoms with Gasteiger partial charge in [-0.3, -0.25) is 4.79 Å². The number of aromatic nitrogens is 3. The minimum Gasteiger partial charge on any atom is -0.450 e. The van der Waals surface area contributed by atoms with Crippen LogP contribution < -0.4 is 0 Å². The molecule has 1 amide bonds. The van der Waals surface area contributed by atoms with Gasteiger partial charge in [-0.2, -0.15) is 0 Å². The van der Waals surface area contributed by atoms with Crippen LogP contribution in [0.1, 0.15) is 38.3 Å². The highest BCUT2D eigenvalue weighted by atomic mass is 16.5. The van der Waals surface area contributed by atoms with Crippen molar-refractivity contribution in [2.75, 3.05) is 6.61 Å². The molecule has 0 aliphatic rings. The molecule has 0 saturated carbocycles. The minimum atomic E-state index is -0.734. The lowest BCUT2D eigenvalue weighted by molar-refractivity contribution is -0.138. The highest BCUT2D eigenvalue weighted by Crippen LogP contribution is 2.21. The summed E-state index contributed by atoms with van der Waals surface area (Å²) >= 11 is 0. The van der Waals surface area contributed by atoms with Gasteiger partial charge in [0.05, 0.1) is 5.69 Å². The number of rotatable bonds is 7. The Hall–Kier alpha value is -3.48. The molecule has 0 aliphatic heterocycles. The summed E-state index contributed by atoms with van der Waals surface area (Å²) in [7, 11) is 0. The average molecular weight is 406 g/mol. The molecule has 0 fully saturated rings. The van der Waals surface area contributed by atoms with E-state index in [9.17, 15) is 9.59 Å². The van der Waals surface area contributed by atoms with E-state index < -0.39 is 5.97 Å². The van der Waals surface area contributed by atoms with Crippen LogP contribution in [0.4, 0.5) is 0 Å². The smallest absolute Gasteiger partial charge is 0.378 e. The van der Waals surface area contributed by atoms with Crippen molar-refractivity contribution in [2.45, 2.75) is 39.8 Å². The van der Waals surface area contributed by atoms with E-state index in [1.165, 1.54) is 0 Å². The third-order valence-electron chi connectivity index (χ3n) is 4.55. The van der Waals surface area contributed by atoms with Gasteiger partial charge in [0.15, 0.2) is 12.4 Å². The lowest BCUT2D eigenvalue weighted by atomic mass is 10.2. The van der Waals surface area contributed by atoms with Gasteiger partial charge in [-0.15, -0.1) is 5.10 Å². The Balaban J connectivity index is 1.85. The SMILES string of the molecule is CC(C)N(C(=O)COC(=O)c1nc(-c2ccccc2)n(-c2ccccc2)n1)C(C)C. The molecular formula is C23H26N4O3. The van der Waals surface area contributed by atoms with Gasteiger partial charge in [-0.05, 0) is 39.8 Å². The predicted molar refractivity (Wildman–Crippen MR) is 114 cm³/mol. The van der Waals surface area contributed by atoms with Crippen LogP contribution in [0.15, 0.2) is 60.7 Å². The molecule has 0 radical (unpaired) electrons. The van der Waals surface area contributed by atoms with Crippen LogP contribution in [-0.4, -0.2) is 50.2 Å². The van der Waals surface area contributed by atoms with E-state index in [2.05, 4.69) is 10.1 Å². The van der Waals surface area contributed by atoms with Crippen molar-refractivity contribution in [2.24, 2.45) is 0 Å². The van der Waals surface area contributed by atoms with Crippen molar-refractivity contribution in [3.63, 3.8) is 0 Å². The van der Waals surface area contributed by atoms with Gasteiger partial charge in [-0.25, -0.2) is 14.5 Å². The Bertz CT molecular complexity index is 933. The lowest BCUT2D eigenvalue weighted by Gasteiger charge is -2.30. The molecule has 1 heterocycles. The molecule has 156 valence electrons. The summed E-state index contributed by atoms with van der Waals surface area (Å²) in [6.45, 7) is 7.35. The van der Waals surface area contributed by atoms with E-state index in [1.54, 1.807) is 9.58 Å². The number of esters is 1. The molecule has 3 aromatic rings. The molecule has 0 saturated heterocycles. The highest BCUT2D eigenvalue weighted by Gasteiger charge is 2.24. The number of nitrogens with zero attached hydrogens (tertiary/aromatic N) is 4. The first kappa shape index (κ1) is 21.2. The molecule has 0 spiro atoms. The number of ether oxygens (including phenoxy) is 1. The molecule has 30 heavy (non-hydrogen) atoms. The number of hydrogen-bond donors (Lipinski definition) is 0. The fourth-order valence-corrected chi connectivity index (χ4v) is 3.36. The molecular weight excluding hydrogens is 380 g/mol. The quantitative estimate of drug-likeness (QED) is 0.559. The molecule has 3 rings (SSSR count). The summed E-state index contributed by atoms with van der Waals surface area (Å²) in [5.74, 6) is -0.556. The van der Waals surface area contributed by atoms with Crippen molar-refractivity contribution in [1.29, 1.82) is 0 Å². The van der Waals surface area contributed by atoms with Crippen LogP contribution >= 0.6 is 0 Å². The van der Waals surface area contributed by atoms with Crippen LogP contribution in [0.25, 0.3) is 17.1 Å². The van der Waals surface area contributed by atoms with E-state index in [4.69, 9.17) is 4.74 Å². The van der Waals surface area contributed by atoms with Gasteiger partial charge in [0, 0.05) is 17.6 Å². The van der Waals surface area contributed by atoms with Crippen molar-refractivity contribution in [1.82, 2.24) is 19.7 Å². The van der Waals surface area contributed by atoms with Gasteiger partial charge >= 0.3 is 5.97 Å². The Morgan fingerprint density at radius 2 is 1.50 bits per heavy atom. The van der Waals surface area contributed by atoms with Crippen LogP contribution in [0.5, 0.6) is 0 Å². The second-order valence-electron chi connectivity index (χ2n) is 7.44. The second-order valence-corrected chi connectivity index (χ2v) is 7.44. The van der Waals surface area contributed by atoms with E-state index in [-0.39, 0.29) is 30.4 Å². The lowest BCUT2D eigenvalue weighted by Crippen LogP contribution is -2.44. The minimum absolute atomic E-state index is 0.0105. The third-order valence-corrected chi connectivity index (χ3v) is 4.55. The molecule has 0 aliphatic carbocycles. The Labute approximate surface area is 176 Å². The molecule has 0 atom stereocenters. The van der Waals surface area contributed by atoms with Gasteiger partial charge in [0.25, 0.3) is 11.7 Å². The maximum absolute atomic E-state index is 12.6. The zero-order valence-corrected chi connectivity index (χ0v) is 17.6. The van der Waals surface area contributed by atoms with Crippen molar-refractivity contribution >= 4 is 11.9 Å². The number of hydrogen-bond acceptors (Lipinski definition) is 5. The highest BCUT2D eigenvalue weighted by molar-refractivity contribution is 5.88. The van der Waals surface area contributed by atoms with Crippen LogP contribution in [0, 0.1) is 0 Å². The number of carbonyl (C=O) groups is 2. The average Bonchev–Trinajstić information content (AvgIpc) is 3.18. The topological polar surface area (TPSA) is 77.3 Å². The number of carbonyl (C=O) groups excluding carboxylic acids is 2. The Morgan fingerprint density at radius 1 is 0.933 bits per heavy atom. The zero-order valence-electron chi connectivity index (χ0n) is 17.6. The van der Waals surface area contributed by atoms with Crippen molar-refractivity contribution < 1.29 is 14.3 Å². The summed E-state index contributed by atoms with van der Waals surface area (Å²) in [5, 5.41) is 4.36. The number of para-hydroxylation sites is 1. The van der Waals surface area contributed by atoms with Gasteiger partial charge in [0.1, 0.15) is 0 Å². The van der Waals surface area contributed by atoms with Gasteiger partial charge in [-0.1, -0.05) is 48.5 Å². The van der Waals surface area contributed by atoms with Crippen molar-refractivity contribution in [3.05, 3.63) is 66.5 Å². The van der Waals surface area contributed by atoms with E-state index in [0.717, 1.165) is 11.3 Å². The largest absolute Gasteiger partial charge is 0.450 e. The molecule has 7 heteroatoms. The number of benzene rings is 2. The summed E-state index contributed by atoms with van der Waals surface area (Å²) in [4.78, 5) is 31.2. The first-order chi connectivity index (χ1) is 14.4. The van der Waals surface area contributed by atoms with Gasteiger partial charge in [0.2, 0.25) is 0 Å². The molecule has 0 bridgehead atoms. The van der Waals surface area contributed by atoms with Crippen LogP contribution in [0.3, 0.4) is 0 Å². The van der Waals surface area contributed by atoms with E-state index in [0.29, 0.717) is 5.82 Å².